The molecule has 4 aromatic rings. The quantitative estimate of drug-likeness (QED) is 0.387. The highest BCUT2D eigenvalue weighted by Gasteiger charge is 2.20. The summed E-state index contributed by atoms with van der Waals surface area (Å²) in [5, 5.41) is 12.6. The van der Waals surface area contributed by atoms with Crippen LogP contribution in [0.5, 0.6) is 11.5 Å². The number of hydrogen-bond acceptors (Lipinski definition) is 6. The van der Waals surface area contributed by atoms with Crippen LogP contribution in [0.4, 0.5) is 0 Å². The maximum Gasteiger partial charge on any atom is 0.293 e. The highest BCUT2D eigenvalue weighted by Crippen LogP contribution is 2.27. The Morgan fingerprint density at radius 3 is 2.53 bits per heavy atom. The first kappa shape index (κ1) is 25.0. The number of aromatic nitrogens is 4. The van der Waals surface area contributed by atoms with Crippen molar-refractivity contribution in [3.63, 3.8) is 0 Å². The van der Waals surface area contributed by atoms with Crippen LogP contribution in [0.15, 0.2) is 53.5 Å². The molecule has 0 unspecified atom stereocenters. The Labute approximate surface area is 209 Å². The van der Waals surface area contributed by atoms with E-state index in [9.17, 15) is 9.59 Å². The Morgan fingerprint density at radius 2 is 1.83 bits per heavy atom. The second-order valence-electron chi connectivity index (χ2n) is 8.90. The lowest BCUT2D eigenvalue weighted by Crippen LogP contribution is -2.35. The Balaban J connectivity index is 1.57. The first-order chi connectivity index (χ1) is 17.3. The van der Waals surface area contributed by atoms with Gasteiger partial charge in [0.1, 0.15) is 12.1 Å². The number of methoxy groups -OCH3 is 2. The summed E-state index contributed by atoms with van der Waals surface area (Å²) in [5.41, 5.74) is 3.59. The molecule has 2 aromatic carbocycles. The van der Waals surface area contributed by atoms with E-state index in [4.69, 9.17) is 9.47 Å². The van der Waals surface area contributed by atoms with Crippen LogP contribution >= 0.6 is 0 Å². The third-order valence-corrected chi connectivity index (χ3v) is 6.08. The normalized spacial score (nSPS) is 11.2. The molecule has 0 saturated heterocycles. The minimum atomic E-state index is -0.356. The number of carbonyl (C=O) groups is 1. The fourth-order valence-electron chi connectivity index (χ4n) is 4.18. The van der Waals surface area contributed by atoms with Gasteiger partial charge >= 0.3 is 0 Å². The summed E-state index contributed by atoms with van der Waals surface area (Å²) in [6.45, 7) is 6.20. The van der Waals surface area contributed by atoms with Crippen molar-refractivity contribution in [1.29, 1.82) is 0 Å². The number of aryl methyl sites for hydroxylation is 1. The molecule has 9 nitrogen and oxygen atoms in total. The molecule has 0 fully saturated rings. The van der Waals surface area contributed by atoms with Crippen molar-refractivity contribution >= 4 is 16.8 Å². The Kier molecular flexibility index (Phi) is 7.38. The highest BCUT2D eigenvalue weighted by molar-refractivity contribution is 5.83. The van der Waals surface area contributed by atoms with Gasteiger partial charge in [-0.2, -0.15) is 10.2 Å². The SMILES string of the molecule is COc1ccc(CCNC(=O)Cn2nc(C(C)C)c3cnn(-c4ccccc4C)c3c2=O)cc1OC. The molecule has 0 saturated carbocycles. The van der Waals surface area contributed by atoms with Gasteiger partial charge in [0.15, 0.2) is 11.5 Å². The van der Waals surface area contributed by atoms with Gasteiger partial charge in [-0.1, -0.05) is 38.1 Å². The molecule has 0 atom stereocenters. The molecule has 0 aliphatic rings. The van der Waals surface area contributed by atoms with E-state index in [-0.39, 0.29) is 23.9 Å². The van der Waals surface area contributed by atoms with Gasteiger partial charge in [-0.25, -0.2) is 9.36 Å². The molecule has 2 aromatic heterocycles. The van der Waals surface area contributed by atoms with E-state index >= 15 is 0 Å². The van der Waals surface area contributed by atoms with Crippen molar-refractivity contribution in [2.45, 2.75) is 39.7 Å². The van der Waals surface area contributed by atoms with Crippen LogP contribution < -0.4 is 20.3 Å². The fourth-order valence-corrected chi connectivity index (χ4v) is 4.18. The first-order valence-corrected chi connectivity index (χ1v) is 11.9. The van der Waals surface area contributed by atoms with E-state index in [1.807, 2.05) is 63.2 Å². The van der Waals surface area contributed by atoms with Gasteiger partial charge in [0.25, 0.3) is 5.56 Å². The Bertz CT molecular complexity index is 1450. The number of para-hydroxylation sites is 1. The number of hydrogen-bond donors (Lipinski definition) is 1. The molecule has 0 bridgehead atoms. The summed E-state index contributed by atoms with van der Waals surface area (Å²) >= 11 is 0. The van der Waals surface area contributed by atoms with Crippen LogP contribution in [0.25, 0.3) is 16.6 Å². The lowest BCUT2D eigenvalue weighted by molar-refractivity contribution is -0.121. The minimum Gasteiger partial charge on any atom is -0.493 e. The second-order valence-corrected chi connectivity index (χ2v) is 8.90. The molecular formula is C27H31N5O4. The zero-order chi connectivity index (χ0) is 25.8. The molecule has 2 heterocycles. The van der Waals surface area contributed by atoms with Crippen LogP contribution in [0.2, 0.25) is 0 Å². The van der Waals surface area contributed by atoms with E-state index in [1.165, 1.54) is 4.68 Å². The average Bonchev–Trinajstić information content (AvgIpc) is 3.31. The maximum absolute atomic E-state index is 13.5. The van der Waals surface area contributed by atoms with Crippen molar-refractivity contribution in [1.82, 2.24) is 24.9 Å². The Morgan fingerprint density at radius 1 is 1.08 bits per heavy atom. The third-order valence-electron chi connectivity index (χ3n) is 6.08. The van der Waals surface area contributed by atoms with E-state index in [1.54, 1.807) is 25.1 Å². The number of amides is 1. The summed E-state index contributed by atoms with van der Waals surface area (Å²) in [5.74, 6) is 1.04. The zero-order valence-electron chi connectivity index (χ0n) is 21.2. The molecule has 188 valence electrons. The summed E-state index contributed by atoms with van der Waals surface area (Å²) in [7, 11) is 3.17. The van der Waals surface area contributed by atoms with Crippen LogP contribution in [0.1, 0.15) is 36.6 Å². The molecular weight excluding hydrogens is 458 g/mol. The van der Waals surface area contributed by atoms with Crippen molar-refractivity contribution in [2.75, 3.05) is 20.8 Å². The minimum absolute atomic E-state index is 0.0435. The third kappa shape index (κ3) is 4.95. The van der Waals surface area contributed by atoms with Crippen molar-refractivity contribution in [3.8, 4) is 17.2 Å². The van der Waals surface area contributed by atoms with Gasteiger partial charge in [-0.05, 0) is 48.6 Å². The lowest BCUT2D eigenvalue weighted by atomic mass is 10.1. The topological polar surface area (TPSA) is 100 Å². The summed E-state index contributed by atoms with van der Waals surface area (Å²) in [6.07, 6.45) is 2.28. The number of nitrogens with one attached hydrogen (secondary N) is 1. The molecule has 0 spiro atoms. The van der Waals surface area contributed by atoms with Gasteiger partial charge in [0, 0.05) is 11.9 Å². The standard InChI is InChI=1S/C27H31N5O4/c1-17(2)25-20-15-29-32(21-9-7-6-8-18(21)3)26(20)27(34)31(30-25)16-24(33)28-13-12-19-10-11-22(35-4)23(14-19)36-5/h6-11,14-15,17H,12-13,16H2,1-5H3,(H,28,33). The van der Waals surface area contributed by atoms with E-state index in [0.717, 1.165) is 22.5 Å². The number of rotatable bonds is 9. The van der Waals surface area contributed by atoms with E-state index in [0.29, 0.717) is 35.4 Å². The largest absolute Gasteiger partial charge is 0.493 e. The molecule has 4 rings (SSSR count). The molecule has 36 heavy (non-hydrogen) atoms. The van der Waals surface area contributed by atoms with E-state index < -0.39 is 0 Å². The lowest BCUT2D eigenvalue weighted by Gasteiger charge is -2.13. The number of benzene rings is 2. The second kappa shape index (κ2) is 10.6. The van der Waals surface area contributed by atoms with Gasteiger partial charge < -0.3 is 14.8 Å². The number of fused-ring (bicyclic) bond motifs is 1. The van der Waals surface area contributed by atoms with E-state index in [2.05, 4.69) is 15.5 Å². The van der Waals surface area contributed by atoms with Crippen molar-refractivity contribution in [2.24, 2.45) is 0 Å². The number of nitrogens with zero attached hydrogens (tertiary/aromatic N) is 4. The number of ether oxygens (including phenoxy) is 2. The van der Waals surface area contributed by atoms with Gasteiger partial charge in [0.2, 0.25) is 5.91 Å². The summed E-state index contributed by atoms with van der Waals surface area (Å²) in [6, 6.07) is 13.4. The average molecular weight is 490 g/mol. The smallest absolute Gasteiger partial charge is 0.293 e. The molecule has 1 amide bonds. The van der Waals surface area contributed by atoms with Crippen LogP contribution in [0, 0.1) is 6.92 Å². The molecule has 0 aliphatic heterocycles. The molecule has 0 aliphatic carbocycles. The molecule has 9 heteroatoms. The Hall–Kier alpha value is -4.14. The van der Waals surface area contributed by atoms with Crippen molar-refractivity contribution < 1.29 is 14.3 Å². The van der Waals surface area contributed by atoms with Crippen molar-refractivity contribution in [3.05, 3.63) is 75.8 Å². The first-order valence-electron chi connectivity index (χ1n) is 11.9. The van der Waals surface area contributed by atoms with Gasteiger partial charge in [-0.15, -0.1) is 0 Å². The zero-order valence-corrected chi connectivity index (χ0v) is 21.2. The van der Waals surface area contributed by atoms with Gasteiger partial charge in [0.05, 0.1) is 31.8 Å². The maximum atomic E-state index is 13.5. The molecule has 1 N–H and O–H groups in total. The summed E-state index contributed by atoms with van der Waals surface area (Å²) in [4.78, 5) is 26.2. The van der Waals surface area contributed by atoms with Crippen LogP contribution in [-0.4, -0.2) is 46.2 Å². The number of carbonyl (C=O) groups excluding carboxylic acids is 1. The molecule has 0 radical (unpaired) electrons. The van der Waals surface area contributed by atoms with Crippen LogP contribution in [-0.2, 0) is 17.8 Å². The fraction of sp³-hybridized carbons (Fsp3) is 0.333. The predicted molar refractivity (Wildman–Crippen MR) is 138 cm³/mol. The van der Waals surface area contributed by atoms with Crippen LogP contribution in [0.3, 0.4) is 0 Å². The highest BCUT2D eigenvalue weighted by atomic mass is 16.5. The van der Waals surface area contributed by atoms with Gasteiger partial charge in [-0.3, -0.25) is 9.59 Å². The monoisotopic (exact) mass is 489 g/mol. The predicted octanol–water partition coefficient (Wildman–Crippen LogP) is 3.39. The summed E-state index contributed by atoms with van der Waals surface area (Å²) < 4.78 is 13.5.